The van der Waals surface area contributed by atoms with Crippen molar-refractivity contribution < 1.29 is 19.0 Å². The van der Waals surface area contributed by atoms with Crippen molar-refractivity contribution in [3.05, 3.63) is 12.3 Å². The molecule has 1 aliphatic rings. The molecule has 1 heterocycles. The topological polar surface area (TPSA) is 44.8 Å². The minimum atomic E-state index is -0.737. The summed E-state index contributed by atoms with van der Waals surface area (Å²) < 4.78 is 14.7. The second-order valence-corrected chi connectivity index (χ2v) is 2.97. The molecule has 1 unspecified atom stereocenters. The zero-order chi connectivity index (χ0) is 9.68. The number of hydrogen-bond donors (Lipinski definition) is 0. The lowest BCUT2D eigenvalue weighted by atomic mass is 10.2. The molecule has 13 heavy (non-hydrogen) atoms. The van der Waals surface area contributed by atoms with Crippen LogP contribution in [0.25, 0.3) is 0 Å². The summed E-state index contributed by atoms with van der Waals surface area (Å²) in [5.74, 6) is 0.320. The Balaban J connectivity index is 2.22. The molecule has 1 saturated heterocycles. The first-order chi connectivity index (χ1) is 6.18. The quantitative estimate of drug-likeness (QED) is 0.490. The van der Waals surface area contributed by atoms with Crippen LogP contribution >= 0.6 is 0 Å². The van der Waals surface area contributed by atoms with Gasteiger partial charge >= 0.3 is 6.16 Å². The lowest BCUT2D eigenvalue weighted by molar-refractivity contribution is -0.138. The van der Waals surface area contributed by atoms with E-state index < -0.39 is 12.4 Å². The maximum atomic E-state index is 10.9. The molecule has 0 aliphatic carbocycles. The van der Waals surface area contributed by atoms with Crippen molar-refractivity contribution in [1.82, 2.24) is 0 Å². The number of carbonyl (C=O) groups excluding carboxylic acids is 1. The summed E-state index contributed by atoms with van der Waals surface area (Å²) in [5.41, 5.74) is 0. The van der Waals surface area contributed by atoms with Crippen LogP contribution in [0, 0.1) is 0 Å². The minimum absolute atomic E-state index is 0.320. The fraction of sp³-hybridized carbons (Fsp3) is 0.667. The Morgan fingerprint density at radius 1 is 1.54 bits per heavy atom. The maximum Gasteiger partial charge on any atom is 0.515 e. The first-order valence-corrected chi connectivity index (χ1v) is 4.34. The van der Waals surface area contributed by atoms with Gasteiger partial charge in [-0.15, -0.1) is 0 Å². The van der Waals surface area contributed by atoms with Crippen LogP contribution in [-0.4, -0.2) is 19.1 Å². The van der Waals surface area contributed by atoms with Gasteiger partial charge in [0.15, 0.2) is 0 Å². The molecular weight excluding hydrogens is 172 g/mol. The van der Waals surface area contributed by atoms with Gasteiger partial charge in [-0.05, 0) is 19.8 Å². The van der Waals surface area contributed by atoms with Gasteiger partial charge in [0.05, 0.1) is 6.61 Å². The van der Waals surface area contributed by atoms with E-state index in [4.69, 9.17) is 9.47 Å². The molecule has 0 N–H and O–H groups in total. The second-order valence-electron chi connectivity index (χ2n) is 2.97. The molecule has 1 atom stereocenters. The van der Waals surface area contributed by atoms with E-state index in [1.165, 1.54) is 0 Å². The molecule has 0 aromatic heterocycles. The molecule has 74 valence electrons. The summed E-state index contributed by atoms with van der Waals surface area (Å²) in [6.07, 6.45) is 1.60. The number of allylic oxidation sites excluding steroid dienone is 1. The molecule has 1 rings (SSSR count). The summed E-state index contributed by atoms with van der Waals surface area (Å²) in [4.78, 5) is 10.9. The van der Waals surface area contributed by atoms with Crippen LogP contribution in [0.3, 0.4) is 0 Å². The van der Waals surface area contributed by atoms with E-state index in [0.717, 1.165) is 19.3 Å². The van der Waals surface area contributed by atoms with Gasteiger partial charge in [0.25, 0.3) is 0 Å². The Labute approximate surface area is 77.5 Å². The summed E-state index contributed by atoms with van der Waals surface area (Å²) >= 11 is 0. The third-order valence-electron chi connectivity index (χ3n) is 1.62. The molecule has 4 heteroatoms. The molecular formula is C9H14O4. The lowest BCUT2D eigenvalue weighted by Crippen LogP contribution is -2.25. The highest BCUT2D eigenvalue weighted by Crippen LogP contribution is 2.14. The van der Waals surface area contributed by atoms with E-state index in [-0.39, 0.29) is 0 Å². The van der Waals surface area contributed by atoms with Crippen molar-refractivity contribution in [1.29, 1.82) is 0 Å². The van der Waals surface area contributed by atoms with Crippen LogP contribution in [0.4, 0.5) is 4.79 Å². The largest absolute Gasteiger partial charge is 0.515 e. The smallest absolute Gasteiger partial charge is 0.404 e. The standard InChI is InChI=1S/C9H14O4/c1-7(2)12-9(10)13-8-5-3-4-6-11-8/h8H,1,3-6H2,2H3. The SMILES string of the molecule is C=C(C)OC(=O)OC1CCCCO1. The first kappa shape index (κ1) is 10.1. The predicted molar refractivity (Wildman–Crippen MR) is 46.0 cm³/mol. The van der Waals surface area contributed by atoms with Gasteiger partial charge in [-0.3, -0.25) is 0 Å². The minimum Gasteiger partial charge on any atom is -0.404 e. The average Bonchev–Trinajstić information content (AvgIpc) is 2.04. The summed E-state index contributed by atoms with van der Waals surface area (Å²) in [5, 5.41) is 0. The van der Waals surface area contributed by atoms with Crippen LogP contribution in [0.1, 0.15) is 26.2 Å². The zero-order valence-electron chi connectivity index (χ0n) is 7.75. The van der Waals surface area contributed by atoms with E-state index in [1.807, 2.05) is 0 Å². The van der Waals surface area contributed by atoms with Gasteiger partial charge < -0.3 is 14.2 Å². The van der Waals surface area contributed by atoms with Crippen molar-refractivity contribution in [2.45, 2.75) is 32.5 Å². The molecule has 0 spiro atoms. The number of hydrogen-bond acceptors (Lipinski definition) is 4. The fourth-order valence-electron chi connectivity index (χ4n) is 1.08. The zero-order valence-corrected chi connectivity index (χ0v) is 7.75. The number of ether oxygens (including phenoxy) is 3. The van der Waals surface area contributed by atoms with Gasteiger partial charge in [0.2, 0.25) is 6.29 Å². The molecule has 0 bridgehead atoms. The van der Waals surface area contributed by atoms with Gasteiger partial charge in [-0.1, -0.05) is 6.58 Å². The van der Waals surface area contributed by atoms with Gasteiger partial charge in [0, 0.05) is 6.42 Å². The second kappa shape index (κ2) is 4.87. The Morgan fingerprint density at radius 2 is 2.31 bits per heavy atom. The summed E-state index contributed by atoms with van der Waals surface area (Å²) in [6.45, 7) is 5.65. The number of carbonyl (C=O) groups is 1. The van der Waals surface area contributed by atoms with Gasteiger partial charge in [0.1, 0.15) is 5.76 Å². The summed E-state index contributed by atoms with van der Waals surface area (Å²) in [6, 6.07) is 0. The van der Waals surface area contributed by atoms with Gasteiger partial charge in [-0.25, -0.2) is 4.79 Å². The normalized spacial score (nSPS) is 22.1. The van der Waals surface area contributed by atoms with Crippen molar-refractivity contribution in [3.8, 4) is 0 Å². The van der Waals surface area contributed by atoms with Crippen LogP contribution < -0.4 is 0 Å². The molecule has 4 nitrogen and oxygen atoms in total. The third kappa shape index (κ3) is 3.94. The first-order valence-electron chi connectivity index (χ1n) is 4.34. The molecule has 1 fully saturated rings. The highest BCUT2D eigenvalue weighted by atomic mass is 16.8. The molecule has 0 saturated carbocycles. The van der Waals surface area contributed by atoms with Crippen molar-refractivity contribution >= 4 is 6.16 Å². The highest BCUT2D eigenvalue weighted by molar-refractivity contribution is 5.61. The Kier molecular flexibility index (Phi) is 3.76. The van der Waals surface area contributed by atoms with Crippen molar-refractivity contribution in [3.63, 3.8) is 0 Å². The van der Waals surface area contributed by atoms with E-state index in [9.17, 15) is 4.79 Å². The van der Waals surface area contributed by atoms with Crippen molar-refractivity contribution in [2.75, 3.05) is 6.61 Å². The van der Waals surface area contributed by atoms with E-state index in [2.05, 4.69) is 11.3 Å². The highest BCUT2D eigenvalue weighted by Gasteiger charge is 2.18. The average molecular weight is 186 g/mol. The molecule has 0 amide bonds. The van der Waals surface area contributed by atoms with Gasteiger partial charge in [-0.2, -0.15) is 0 Å². The molecule has 1 aliphatic heterocycles. The molecule has 0 radical (unpaired) electrons. The Bertz CT molecular complexity index is 194. The van der Waals surface area contributed by atoms with E-state index in [0.29, 0.717) is 12.4 Å². The lowest BCUT2D eigenvalue weighted by Gasteiger charge is -2.21. The van der Waals surface area contributed by atoms with Crippen LogP contribution in [0.15, 0.2) is 12.3 Å². The summed E-state index contributed by atoms with van der Waals surface area (Å²) in [7, 11) is 0. The monoisotopic (exact) mass is 186 g/mol. The van der Waals surface area contributed by atoms with Crippen molar-refractivity contribution in [2.24, 2.45) is 0 Å². The van der Waals surface area contributed by atoms with Crippen LogP contribution in [0.5, 0.6) is 0 Å². The number of rotatable bonds is 2. The van der Waals surface area contributed by atoms with Crippen LogP contribution in [0.2, 0.25) is 0 Å². The Hall–Kier alpha value is -1.03. The predicted octanol–water partition coefficient (Wildman–Crippen LogP) is 2.20. The molecule has 0 aromatic carbocycles. The molecule has 0 aromatic rings. The van der Waals surface area contributed by atoms with E-state index in [1.54, 1.807) is 6.92 Å². The third-order valence-corrected chi connectivity index (χ3v) is 1.62. The fourth-order valence-corrected chi connectivity index (χ4v) is 1.08. The maximum absolute atomic E-state index is 10.9. The Morgan fingerprint density at radius 3 is 2.85 bits per heavy atom. The van der Waals surface area contributed by atoms with Crippen LogP contribution in [-0.2, 0) is 14.2 Å². The van der Waals surface area contributed by atoms with E-state index >= 15 is 0 Å².